The first-order valence-electron chi connectivity index (χ1n) is 5.69. The second kappa shape index (κ2) is 6.00. The van der Waals surface area contributed by atoms with Crippen molar-refractivity contribution in [1.82, 2.24) is 0 Å². The molecule has 0 radical (unpaired) electrons. The molecule has 0 aromatic heterocycles. The number of nitrogens with two attached hydrogens (primary N) is 1. The fourth-order valence-corrected chi connectivity index (χ4v) is 1.99. The third kappa shape index (κ3) is 2.96. The van der Waals surface area contributed by atoms with Gasteiger partial charge in [0.1, 0.15) is 11.6 Å². The van der Waals surface area contributed by atoms with E-state index in [-0.39, 0.29) is 5.82 Å². The minimum absolute atomic E-state index is 0.314. The number of rotatable bonds is 4. The first kappa shape index (κ1) is 14.5. The minimum atomic E-state index is -0.363. The molecule has 0 amide bonds. The van der Waals surface area contributed by atoms with Gasteiger partial charge < -0.3 is 19.9 Å². The number of hydrogen-bond acceptors (Lipinski definition) is 4. The van der Waals surface area contributed by atoms with Gasteiger partial charge in [-0.3, -0.25) is 0 Å². The molecule has 0 unspecified atom stereocenters. The van der Waals surface area contributed by atoms with Crippen LogP contribution in [0.4, 0.5) is 10.1 Å². The number of benzene rings is 2. The van der Waals surface area contributed by atoms with E-state index in [1.165, 1.54) is 32.4 Å². The van der Waals surface area contributed by atoms with Crippen LogP contribution in [0, 0.1) is 5.82 Å². The second-order valence-electron chi connectivity index (χ2n) is 3.92. The molecule has 0 aliphatic heterocycles. The number of hydrogen-bond donors (Lipinski definition) is 1. The lowest BCUT2D eigenvalue weighted by Crippen LogP contribution is -1.97. The van der Waals surface area contributed by atoms with E-state index in [9.17, 15) is 4.39 Å². The Morgan fingerprint density at radius 1 is 1.00 bits per heavy atom. The molecule has 106 valence electrons. The van der Waals surface area contributed by atoms with Gasteiger partial charge in [-0.15, -0.1) is 0 Å². The second-order valence-corrected chi connectivity index (χ2v) is 4.78. The van der Waals surface area contributed by atoms with Crippen LogP contribution in [-0.4, -0.2) is 14.2 Å². The summed E-state index contributed by atoms with van der Waals surface area (Å²) in [5, 5.41) is 0. The van der Waals surface area contributed by atoms with Gasteiger partial charge in [0, 0.05) is 12.1 Å². The summed E-state index contributed by atoms with van der Waals surface area (Å²) in [5.41, 5.74) is 6.28. The fourth-order valence-electron chi connectivity index (χ4n) is 1.63. The molecule has 0 saturated heterocycles. The lowest BCUT2D eigenvalue weighted by molar-refractivity contribution is 0.352. The largest absolute Gasteiger partial charge is 0.493 e. The zero-order chi connectivity index (χ0) is 14.7. The number of nitrogen functional groups attached to an aromatic ring is 1. The molecular formula is C14H13BrFNO3. The summed E-state index contributed by atoms with van der Waals surface area (Å²) in [6.45, 7) is 0. The van der Waals surface area contributed by atoms with E-state index in [0.717, 1.165) is 0 Å². The molecule has 0 bridgehead atoms. The van der Waals surface area contributed by atoms with Crippen LogP contribution < -0.4 is 19.9 Å². The van der Waals surface area contributed by atoms with Gasteiger partial charge in [0.2, 0.25) is 0 Å². The van der Waals surface area contributed by atoms with E-state index >= 15 is 0 Å². The monoisotopic (exact) mass is 341 g/mol. The summed E-state index contributed by atoms with van der Waals surface area (Å²) < 4.78 is 29.4. The van der Waals surface area contributed by atoms with Crippen molar-refractivity contribution in [2.75, 3.05) is 20.0 Å². The predicted octanol–water partition coefficient (Wildman–Crippen LogP) is 3.98. The van der Waals surface area contributed by atoms with E-state index in [4.69, 9.17) is 19.9 Å². The fraction of sp³-hybridized carbons (Fsp3) is 0.143. The summed E-state index contributed by atoms with van der Waals surface area (Å²) >= 11 is 3.10. The van der Waals surface area contributed by atoms with Crippen LogP contribution in [0.3, 0.4) is 0 Å². The summed E-state index contributed by atoms with van der Waals surface area (Å²) in [5.74, 6) is 1.51. The number of halogens is 2. The van der Waals surface area contributed by atoms with Gasteiger partial charge in [0.05, 0.1) is 24.4 Å². The molecular weight excluding hydrogens is 329 g/mol. The first-order chi connectivity index (χ1) is 9.55. The zero-order valence-electron chi connectivity index (χ0n) is 10.9. The molecule has 2 aromatic carbocycles. The number of anilines is 1. The van der Waals surface area contributed by atoms with Crippen molar-refractivity contribution in [3.63, 3.8) is 0 Å². The van der Waals surface area contributed by atoms with Gasteiger partial charge in [-0.25, -0.2) is 4.39 Å². The Morgan fingerprint density at radius 2 is 1.65 bits per heavy atom. The quantitative estimate of drug-likeness (QED) is 0.854. The lowest BCUT2D eigenvalue weighted by Gasteiger charge is -2.13. The molecule has 0 fully saturated rings. The van der Waals surface area contributed by atoms with Crippen LogP contribution in [0.5, 0.6) is 23.0 Å². The Labute approximate surface area is 124 Å². The highest BCUT2D eigenvalue weighted by Crippen LogP contribution is 2.38. The van der Waals surface area contributed by atoms with Crippen LogP contribution >= 0.6 is 15.9 Å². The van der Waals surface area contributed by atoms with Gasteiger partial charge >= 0.3 is 0 Å². The molecule has 0 atom stereocenters. The van der Waals surface area contributed by atoms with Crippen molar-refractivity contribution >= 4 is 21.6 Å². The zero-order valence-corrected chi connectivity index (χ0v) is 12.5. The molecule has 0 heterocycles. The topological polar surface area (TPSA) is 53.7 Å². The summed E-state index contributed by atoms with van der Waals surface area (Å²) in [6, 6.07) is 7.55. The van der Waals surface area contributed by atoms with Crippen molar-refractivity contribution in [2.45, 2.75) is 0 Å². The molecule has 2 N–H and O–H groups in total. The summed E-state index contributed by atoms with van der Waals surface area (Å²) in [7, 11) is 3.04. The standard InChI is InChI=1S/C14H13BrFNO3/c1-18-13-6-11(17)12(7-14(13)19-2)20-8-3-4-10(16)9(15)5-8/h3-7H,17H2,1-2H3. The maximum atomic E-state index is 13.2. The van der Waals surface area contributed by atoms with Gasteiger partial charge in [-0.05, 0) is 34.1 Å². The van der Waals surface area contributed by atoms with Crippen molar-refractivity contribution < 1.29 is 18.6 Å². The van der Waals surface area contributed by atoms with Gasteiger partial charge in [-0.2, -0.15) is 0 Å². The van der Waals surface area contributed by atoms with Crippen LogP contribution in [0.15, 0.2) is 34.8 Å². The van der Waals surface area contributed by atoms with Crippen molar-refractivity contribution in [1.29, 1.82) is 0 Å². The van der Waals surface area contributed by atoms with Crippen LogP contribution in [0.1, 0.15) is 0 Å². The highest BCUT2D eigenvalue weighted by molar-refractivity contribution is 9.10. The lowest BCUT2D eigenvalue weighted by atomic mass is 10.2. The molecule has 0 spiro atoms. The van der Waals surface area contributed by atoms with Crippen molar-refractivity contribution in [3.05, 3.63) is 40.6 Å². The van der Waals surface area contributed by atoms with Crippen LogP contribution in [0.2, 0.25) is 0 Å². The molecule has 0 saturated carbocycles. The van der Waals surface area contributed by atoms with Crippen LogP contribution in [-0.2, 0) is 0 Å². The molecule has 4 nitrogen and oxygen atoms in total. The van der Waals surface area contributed by atoms with E-state index < -0.39 is 0 Å². The smallest absolute Gasteiger partial charge is 0.164 e. The molecule has 2 aromatic rings. The molecule has 2 rings (SSSR count). The minimum Gasteiger partial charge on any atom is -0.493 e. The van der Waals surface area contributed by atoms with Crippen molar-refractivity contribution in [3.8, 4) is 23.0 Å². The Hall–Kier alpha value is -1.95. The van der Waals surface area contributed by atoms with Gasteiger partial charge in [-0.1, -0.05) is 0 Å². The average molecular weight is 342 g/mol. The normalized spacial score (nSPS) is 10.2. The van der Waals surface area contributed by atoms with Gasteiger partial charge in [0.25, 0.3) is 0 Å². The van der Waals surface area contributed by atoms with E-state index in [1.54, 1.807) is 12.1 Å². The van der Waals surface area contributed by atoms with Crippen LogP contribution in [0.25, 0.3) is 0 Å². The maximum absolute atomic E-state index is 13.2. The summed E-state index contributed by atoms with van der Waals surface area (Å²) in [6.07, 6.45) is 0. The number of ether oxygens (including phenoxy) is 3. The van der Waals surface area contributed by atoms with Gasteiger partial charge in [0.15, 0.2) is 17.2 Å². The summed E-state index contributed by atoms with van der Waals surface area (Å²) in [4.78, 5) is 0. The Morgan fingerprint density at radius 3 is 2.25 bits per heavy atom. The Balaban J connectivity index is 2.35. The molecule has 0 aliphatic carbocycles. The molecule has 6 heteroatoms. The SMILES string of the molecule is COc1cc(N)c(Oc2ccc(F)c(Br)c2)cc1OC. The Kier molecular flexibility index (Phi) is 4.34. The molecule has 20 heavy (non-hydrogen) atoms. The predicted molar refractivity (Wildman–Crippen MR) is 78.1 cm³/mol. The molecule has 0 aliphatic rings. The third-order valence-electron chi connectivity index (χ3n) is 2.63. The highest BCUT2D eigenvalue weighted by Gasteiger charge is 2.11. The first-order valence-corrected chi connectivity index (χ1v) is 6.49. The van der Waals surface area contributed by atoms with Crippen molar-refractivity contribution in [2.24, 2.45) is 0 Å². The maximum Gasteiger partial charge on any atom is 0.164 e. The number of methoxy groups -OCH3 is 2. The van der Waals surface area contributed by atoms with E-state index in [2.05, 4.69) is 15.9 Å². The average Bonchev–Trinajstić information content (AvgIpc) is 2.44. The highest BCUT2D eigenvalue weighted by atomic mass is 79.9. The van der Waals surface area contributed by atoms with E-state index in [1.807, 2.05) is 0 Å². The Bertz CT molecular complexity index is 634. The third-order valence-corrected chi connectivity index (χ3v) is 3.24. The van der Waals surface area contributed by atoms with E-state index in [0.29, 0.717) is 33.2 Å².